The van der Waals surface area contributed by atoms with E-state index in [1.54, 1.807) is 0 Å². The summed E-state index contributed by atoms with van der Waals surface area (Å²) in [5.74, 6) is 0. The van der Waals surface area contributed by atoms with E-state index < -0.39 is 0 Å². The van der Waals surface area contributed by atoms with E-state index in [0.29, 0.717) is 6.04 Å². The van der Waals surface area contributed by atoms with Crippen LogP contribution in [0.5, 0.6) is 0 Å². The second-order valence-corrected chi connectivity index (χ2v) is 7.11. The van der Waals surface area contributed by atoms with Crippen LogP contribution in [0.25, 0.3) is 0 Å². The predicted octanol–water partition coefficient (Wildman–Crippen LogP) is 4.28. The number of benzene rings is 1. The summed E-state index contributed by atoms with van der Waals surface area (Å²) in [4.78, 5) is 0. The van der Waals surface area contributed by atoms with Gasteiger partial charge >= 0.3 is 0 Å². The third-order valence-corrected chi connectivity index (χ3v) is 3.77. The summed E-state index contributed by atoms with van der Waals surface area (Å²) in [7, 11) is 0. The van der Waals surface area contributed by atoms with Crippen LogP contribution in [0.1, 0.15) is 51.3 Å². The molecule has 0 aliphatic rings. The van der Waals surface area contributed by atoms with Gasteiger partial charge in [0.1, 0.15) is 0 Å². The van der Waals surface area contributed by atoms with Gasteiger partial charge in [0, 0.05) is 12.6 Å². The molecule has 0 amide bonds. The van der Waals surface area contributed by atoms with Gasteiger partial charge in [-0.05, 0) is 44.7 Å². The maximum absolute atomic E-state index is 6.09. The Morgan fingerprint density at radius 2 is 1.62 bits per heavy atom. The standard InChI is InChI=1S/C19H33NO/c1-8-20-17(18(21-9-2)19(5,6)7)13-16-11-14(3)10-15(4)12-16/h10-12,17-18,20H,8-9,13H2,1-7H3. The molecule has 0 heterocycles. The van der Waals surface area contributed by atoms with Crippen LogP contribution in [0, 0.1) is 19.3 Å². The minimum absolute atomic E-state index is 0.127. The van der Waals surface area contributed by atoms with E-state index in [1.807, 2.05) is 0 Å². The van der Waals surface area contributed by atoms with Gasteiger partial charge in [-0.25, -0.2) is 0 Å². The lowest BCUT2D eigenvalue weighted by Gasteiger charge is -2.37. The minimum Gasteiger partial charge on any atom is -0.376 e. The molecule has 0 saturated carbocycles. The van der Waals surface area contributed by atoms with Gasteiger partial charge in [-0.15, -0.1) is 0 Å². The number of rotatable bonds is 7. The first-order valence-corrected chi connectivity index (χ1v) is 8.20. The van der Waals surface area contributed by atoms with Crippen molar-refractivity contribution in [2.24, 2.45) is 5.41 Å². The van der Waals surface area contributed by atoms with Crippen molar-refractivity contribution in [3.8, 4) is 0 Å². The van der Waals surface area contributed by atoms with Gasteiger partial charge in [0.05, 0.1) is 6.10 Å². The van der Waals surface area contributed by atoms with Crippen LogP contribution < -0.4 is 5.32 Å². The average molecular weight is 291 g/mol. The predicted molar refractivity (Wildman–Crippen MR) is 92.0 cm³/mol. The molecule has 0 aliphatic carbocycles. The van der Waals surface area contributed by atoms with Crippen LogP contribution in [-0.4, -0.2) is 25.3 Å². The Balaban J connectivity index is 2.98. The molecule has 0 bridgehead atoms. The van der Waals surface area contributed by atoms with Crippen molar-refractivity contribution in [3.63, 3.8) is 0 Å². The number of aryl methyl sites for hydroxylation is 2. The molecule has 0 aliphatic heterocycles. The average Bonchev–Trinajstić information content (AvgIpc) is 2.33. The number of likely N-dealkylation sites (N-methyl/N-ethyl adjacent to an activating group) is 1. The zero-order valence-electron chi connectivity index (χ0n) is 14.9. The quantitative estimate of drug-likeness (QED) is 0.810. The molecule has 0 aromatic heterocycles. The fourth-order valence-corrected chi connectivity index (χ4v) is 3.14. The molecule has 0 radical (unpaired) electrons. The van der Waals surface area contributed by atoms with Crippen LogP contribution in [-0.2, 0) is 11.2 Å². The van der Waals surface area contributed by atoms with E-state index in [9.17, 15) is 0 Å². The van der Waals surface area contributed by atoms with Crippen molar-refractivity contribution >= 4 is 0 Å². The lowest BCUT2D eigenvalue weighted by Crippen LogP contribution is -2.49. The Morgan fingerprint density at radius 3 is 2.05 bits per heavy atom. The zero-order chi connectivity index (χ0) is 16.0. The molecular formula is C19H33NO. The Hall–Kier alpha value is -0.860. The van der Waals surface area contributed by atoms with E-state index in [4.69, 9.17) is 4.74 Å². The number of hydrogen-bond donors (Lipinski definition) is 1. The molecule has 0 saturated heterocycles. The molecule has 2 nitrogen and oxygen atoms in total. The molecule has 2 heteroatoms. The maximum Gasteiger partial charge on any atom is 0.0779 e. The molecule has 1 aromatic rings. The molecule has 21 heavy (non-hydrogen) atoms. The summed E-state index contributed by atoms with van der Waals surface area (Å²) >= 11 is 0. The van der Waals surface area contributed by atoms with E-state index in [1.165, 1.54) is 16.7 Å². The lowest BCUT2D eigenvalue weighted by atomic mass is 9.82. The molecule has 1 rings (SSSR count). The van der Waals surface area contributed by atoms with Gasteiger partial charge < -0.3 is 10.1 Å². The van der Waals surface area contributed by atoms with E-state index in [0.717, 1.165) is 19.6 Å². The van der Waals surface area contributed by atoms with Crippen molar-refractivity contribution in [1.82, 2.24) is 5.32 Å². The van der Waals surface area contributed by atoms with Crippen LogP contribution in [0.15, 0.2) is 18.2 Å². The minimum atomic E-state index is 0.127. The second-order valence-electron chi connectivity index (χ2n) is 7.11. The van der Waals surface area contributed by atoms with Gasteiger partial charge in [-0.2, -0.15) is 0 Å². The summed E-state index contributed by atoms with van der Waals surface area (Å²) in [6, 6.07) is 7.16. The first-order valence-electron chi connectivity index (χ1n) is 8.20. The SMILES string of the molecule is CCNC(Cc1cc(C)cc(C)c1)C(OCC)C(C)(C)C. The van der Waals surface area contributed by atoms with Gasteiger partial charge in [0.15, 0.2) is 0 Å². The van der Waals surface area contributed by atoms with Crippen LogP contribution >= 0.6 is 0 Å². The summed E-state index contributed by atoms with van der Waals surface area (Å²) in [5.41, 5.74) is 4.20. The van der Waals surface area contributed by atoms with Crippen molar-refractivity contribution in [1.29, 1.82) is 0 Å². The number of nitrogens with one attached hydrogen (secondary N) is 1. The molecule has 1 aromatic carbocycles. The number of hydrogen-bond acceptors (Lipinski definition) is 2. The first kappa shape index (κ1) is 18.2. The fraction of sp³-hybridized carbons (Fsp3) is 0.684. The van der Waals surface area contributed by atoms with Gasteiger partial charge in [-0.3, -0.25) is 0 Å². The summed E-state index contributed by atoms with van der Waals surface area (Å²) in [6.07, 6.45) is 1.22. The van der Waals surface area contributed by atoms with E-state index >= 15 is 0 Å². The Kier molecular flexibility index (Phi) is 6.89. The first-order chi connectivity index (χ1) is 9.77. The van der Waals surface area contributed by atoms with Crippen LogP contribution in [0.2, 0.25) is 0 Å². The molecule has 0 spiro atoms. The van der Waals surface area contributed by atoms with Gasteiger partial charge in [0.2, 0.25) is 0 Å². The third-order valence-electron chi connectivity index (χ3n) is 3.77. The molecule has 2 atom stereocenters. The van der Waals surface area contributed by atoms with Crippen molar-refractivity contribution < 1.29 is 4.74 Å². The molecule has 0 fully saturated rings. The summed E-state index contributed by atoms with van der Waals surface area (Å²) < 4.78 is 6.09. The van der Waals surface area contributed by atoms with Gasteiger partial charge in [0.25, 0.3) is 0 Å². The Labute approximate surface area is 131 Å². The van der Waals surface area contributed by atoms with Crippen molar-refractivity contribution in [3.05, 3.63) is 34.9 Å². The molecule has 1 N–H and O–H groups in total. The summed E-state index contributed by atoms with van der Waals surface area (Å²) in [6.45, 7) is 17.1. The van der Waals surface area contributed by atoms with Gasteiger partial charge in [-0.1, -0.05) is 57.0 Å². The fourth-order valence-electron chi connectivity index (χ4n) is 3.14. The van der Waals surface area contributed by atoms with Crippen LogP contribution in [0.4, 0.5) is 0 Å². The highest BCUT2D eigenvalue weighted by molar-refractivity contribution is 5.29. The van der Waals surface area contributed by atoms with E-state index in [2.05, 4.69) is 72.0 Å². The highest BCUT2D eigenvalue weighted by Gasteiger charge is 2.32. The second kappa shape index (κ2) is 7.95. The smallest absolute Gasteiger partial charge is 0.0779 e. The topological polar surface area (TPSA) is 21.3 Å². The lowest BCUT2D eigenvalue weighted by molar-refractivity contribution is -0.0352. The highest BCUT2D eigenvalue weighted by Crippen LogP contribution is 2.27. The van der Waals surface area contributed by atoms with Crippen molar-refractivity contribution in [2.45, 2.75) is 67.0 Å². The van der Waals surface area contributed by atoms with Crippen LogP contribution in [0.3, 0.4) is 0 Å². The highest BCUT2D eigenvalue weighted by atomic mass is 16.5. The normalized spacial score (nSPS) is 15.0. The molecular weight excluding hydrogens is 258 g/mol. The maximum atomic E-state index is 6.09. The van der Waals surface area contributed by atoms with Crippen molar-refractivity contribution in [2.75, 3.05) is 13.2 Å². The zero-order valence-corrected chi connectivity index (χ0v) is 14.9. The Morgan fingerprint density at radius 1 is 1.05 bits per heavy atom. The summed E-state index contributed by atoms with van der Waals surface area (Å²) in [5, 5.41) is 3.64. The largest absolute Gasteiger partial charge is 0.376 e. The van der Waals surface area contributed by atoms with E-state index in [-0.39, 0.29) is 11.5 Å². The Bertz CT molecular complexity index is 413. The molecule has 2 unspecified atom stereocenters. The molecule has 120 valence electrons. The number of ether oxygens (including phenoxy) is 1. The monoisotopic (exact) mass is 291 g/mol. The third kappa shape index (κ3) is 5.80.